The first-order valence-electron chi connectivity index (χ1n) is 8.50. The Morgan fingerprint density at radius 2 is 2.04 bits per heavy atom. The number of hydrogen-bond acceptors (Lipinski definition) is 4. The molecule has 0 saturated carbocycles. The highest BCUT2D eigenvalue weighted by Gasteiger charge is 2.19. The van der Waals surface area contributed by atoms with Crippen molar-refractivity contribution in [1.29, 1.82) is 0 Å². The Balaban J connectivity index is 1.53. The zero-order valence-electron chi connectivity index (χ0n) is 13.9. The summed E-state index contributed by atoms with van der Waals surface area (Å²) in [5.41, 5.74) is 2.46. The predicted molar refractivity (Wildman–Crippen MR) is 97.6 cm³/mol. The van der Waals surface area contributed by atoms with Gasteiger partial charge in [0.25, 0.3) is 0 Å². The van der Waals surface area contributed by atoms with E-state index in [2.05, 4.69) is 27.2 Å². The fraction of sp³-hybridized carbons (Fsp3) is 0.333. The Bertz CT molecular complexity index is 1040. The van der Waals surface area contributed by atoms with E-state index in [9.17, 15) is 4.39 Å². The average molecular weight is 355 g/mol. The molecule has 1 aromatic carbocycles. The zero-order chi connectivity index (χ0) is 17.0. The number of aryl methyl sites for hydroxylation is 1. The summed E-state index contributed by atoms with van der Waals surface area (Å²) in [5, 5.41) is 8.37. The molecule has 4 heterocycles. The van der Waals surface area contributed by atoms with Gasteiger partial charge >= 0.3 is 0 Å². The van der Waals surface area contributed by atoms with Crippen LogP contribution in [0.1, 0.15) is 24.5 Å². The van der Waals surface area contributed by atoms with Crippen LogP contribution >= 0.6 is 11.3 Å². The molecule has 0 aliphatic carbocycles. The SMILES string of the molecule is Cn1cc2cc(-c3cn4cc(C5CCNCC5)nc4s3)cc(F)c2n1. The van der Waals surface area contributed by atoms with Crippen LogP contribution in [0.5, 0.6) is 0 Å². The van der Waals surface area contributed by atoms with E-state index in [1.807, 2.05) is 12.3 Å². The molecule has 0 amide bonds. The zero-order valence-corrected chi connectivity index (χ0v) is 14.7. The average Bonchev–Trinajstić information content (AvgIpc) is 3.27. The minimum absolute atomic E-state index is 0.283. The van der Waals surface area contributed by atoms with Crippen LogP contribution in [0, 0.1) is 5.82 Å². The minimum Gasteiger partial charge on any atom is -0.317 e. The van der Waals surface area contributed by atoms with Gasteiger partial charge in [-0.1, -0.05) is 11.3 Å². The highest BCUT2D eigenvalue weighted by molar-refractivity contribution is 7.20. The van der Waals surface area contributed by atoms with Crippen LogP contribution in [-0.2, 0) is 7.05 Å². The van der Waals surface area contributed by atoms with Crippen LogP contribution < -0.4 is 5.32 Å². The lowest BCUT2D eigenvalue weighted by molar-refractivity contribution is 0.454. The highest BCUT2D eigenvalue weighted by atomic mass is 32.1. The second-order valence-corrected chi connectivity index (χ2v) is 7.68. The molecule has 0 bridgehead atoms. The van der Waals surface area contributed by atoms with Crippen molar-refractivity contribution in [3.05, 3.63) is 42.2 Å². The van der Waals surface area contributed by atoms with Gasteiger partial charge < -0.3 is 5.32 Å². The van der Waals surface area contributed by atoms with Gasteiger partial charge in [0, 0.05) is 36.9 Å². The molecule has 1 aliphatic rings. The van der Waals surface area contributed by atoms with E-state index in [1.54, 1.807) is 29.1 Å². The third-order valence-electron chi connectivity index (χ3n) is 4.89. The van der Waals surface area contributed by atoms with Gasteiger partial charge in [-0.2, -0.15) is 5.10 Å². The molecular formula is C18H18FN5S. The van der Waals surface area contributed by atoms with Crippen molar-refractivity contribution in [3.8, 4) is 10.4 Å². The number of aromatic nitrogens is 4. The molecule has 5 rings (SSSR count). The van der Waals surface area contributed by atoms with E-state index < -0.39 is 0 Å². The van der Waals surface area contributed by atoms with Crippen molar-refractivity contribution < 1.29 is 4.39 Å². The van der Waals surface area contributed by atoms with E-state index in [0.717, 1.165) is 46.7 Å². The van der Waals surface area contributed by atoms with Crippen LogP contribution in [0.15, 0.2) is 30.7 Å². The van der Waals surface area contributed by atoms with Crippen LogP contribution in [-0.4, -0.2) is 32.3 Å². The molecule has 1 fully saturated rings. The second-order valence-electron chi connectivity index (χ2n) is 6.67. The Hall–Kier alpha value is -2.25. The van der Waals surface area contributed by atoms with Crippen LogP contribution in [0.2, 0.25) is 0 Å². The summed E-state index contributed by atoms with van der Waals surface area (Å²) in [6, 6.07) is 3.55. The van der Waals surface area contributed by atoms with Gasteiger partial charge in [0.2, 0.25) is 0 Å². The maximum Gasteiger partial charge on any atom is 0.194 e. The summed E-state index contributed by atoms with van der Waals surface area (Å²) in [6.07, 6.45) is 8.30. The molecule has 1 saturated heterocycles. The lowest BCUT2D eigenvalue weighted by atomic mass is 9.95. The number of nitrogens with one attached hydrogen (secondary N) is 1. The summed E-state index contributed by atoms with van der Waals surface area (Å²) >= 11 is 1.60. The van der Waals surface area contributed by atoms with Crippen molar-refractivity contribution >= 4 is 27.2 Å². The summed E-state index contributed by atoms with van der Waals surface area (Å²) in [4.78, 5) is 6.80. The van der Waals surface area contributed by atoms with E-state index in [1.165, 1.54) is 5.69 Å². The maximum atomic E-state index is 14.3. The van der Waals surface area contributed by atoms with E-state index in [0.29, 0.717) is 11.4 Å². The molecule has 0 atom stereocenters. The normalized spacial score (nSPS) is 16.2. The van der Waals surface area contributed by atoms with Crippen molar-refractivity contribution in [2.24, 2.45) is 7.05 Å². The predicted octanol–water partition coefficient (Wildman–Crippen LogP) is 3.56. The quantitative estimate of drug-likeness (QED) is 0.598. The molecule has 0 radical (unpaired) electrons. The Morgan fingerprint density at radius 3 is 2.84 bits per heavy atom. The van der Waals surface area contributed by atoms with Gasteiger partial charge in [0.05, 0.1) is 10.6 Å². The first-order chi connectivity index (χ1) is 12.2. The van der Waals surface area contributed by atoms with Crippen molar-refractivity contribution in [3.63, 3.8) is 0 Å². The molecule has 5 nitrogen and oxygen atoms in total. The fourth-order valence-corrected chi connectivity index (χ4v) is 4.58. The van der Waals surface area contributed by atoms with Crippen LogP contribution in [0.25, 0.3) is 26.3 Å². The number of nitrogens with zero attached hydrogens (tertiary/aromatic N) is 4. The first kappa shape index (κ1) is 15.0. The Morgan fingerprint density at radius 1 is 1.20 bits per heavy atom. The Labute approximate surface area is 148 Å². The molecule has 4 aromatic rings. The number of benzene rings is 1. The third kappa shape index (κ3) is 2.54. The standard InChI is InChI=1S/C18H18FN5S/c1-23-8-13-6-12(7-14(19)17(13)22-23)16-10-24-9-15(21-18(24)25-16)11-2-4-20-5-3-11/h6-11,20H,2-5H2,1H3. The fourth-order valence-electron chi connectivity index (χ4n) is 3.62. The molecule has 7 heteroatoms. The summed E-state index contributed by atoms with van der Waals surface area (Å²) in [6.45, 7) is 2.12. The second kappa shape index (κ2) is 5.64. The number of piperidine rings is 1. The topological polar surface area (TPSA) is 47.1 Å². The number of thiazole rings is 1. The Kier molecular flexibility index (Phi) is 3.39. The third-order valence-corrected chi connectivity index (χ3v) is 5.94. The van der Waals surface area contributed by atoms with Crippen LogP contribution in [0.3, 0.4) is 0 Å². The molecule has 0 unspecified atom stereocenters. The van der Waals surface area contributed by atoms with Gasteiger partial charge in [-0.15, -0.1) is 0 Å². The van der Waals surface area contributed by atoms with Gasteiger partial charge in [0.15, 0.2) is 10.8 Å². The largest absolute Gasteiger partial charge is 0.317 e. The van der Waals surface area contributed by atoms with E-state index in [-0.39, 0.29) is 5.82 Å². The van der Waals surface area contributed by atoms with Gasteiger partial charge in [-0.05, 0) is 43.6 Å². The molecule has 128 valence electrons. The maximum absolute atomic E-state index is 14.3. The van der Waals surface area contributed by atoms with Crippen molar-refractivity contribution in [2.45, 2.75) is 18.8 Å². The molecule has 0 spiro atoms. The lowest BCUT2D eigenvalue weighted by Crippen LogP contribution is -2.26. The molecule has 25 heavy (non-hydrogen) atoms. The molecular weight excluding hydrogens is 337 g/mol. The highest BCUT2D eigenvalue weighted by Crippen LogP contribution is 2.33. The number of fused-ring (bicyclic) bond motifs is 2. The number of halogens is 1. The summed E-state index contributed by atoms with van der Waals surface area (Å²) < 4.78 is 18.0. The number of imidazole rings is 1. The van der Waals surface area contributed by atoms with Gasteiger partial charge in [-0.3, -0.25) is 9.08 Å². The molecule has 1 aliphatic heterocycles. The lowest BCUT2D eigenvalue weighted by Gasteiger charge is -2.20. The van der Waals surface area contributed by atoms with Gasteiger partial charge in [-0.25, -0.2) is 9.37 Å². The summed E-state index contributed by atoms with van der Waals surface area (Å²) in [5.74, 6) is 0.260. The van der Waals surface area contributed by atoms with E-state index in [4.69, 9.17) is 4.98 Å². The van der Waals surface area contributed by atoms with Crippen molar-refractivity contribution in [1.82, 2.24) is 24.5 Å². The van der Waals surface area contributed by atoms with E-state index >= 15 is 0 Å². The smallest absolute Gasteiger partial charge is 0.194 e. The molecule has 1 N–H and O–H groups in total. The number of hydrogen-bond donors (Lipinski definition) is 1. The monoisotopic (exact) mass is 355 g/mol. The number of rotatable bonds is 2. The minimum atomic E-state index is -0.283. The molecule has 3 aromatic heterocycles. The van der Waals surface area contributed by atoms with Crippen LogP contribution in [0.4, 0.5) is 4.39 Å². The van der Waals surface area contributed by atoms with Crippen molar-refractivity contribution in [2.75, 3.05) is 13.1 Å². The summed E-state index contributed by atoms with van der Waals surface area (Å²) in [7, 11) is 1.81. The first-order valence-corrected chi connectivity index (χ1v) is 9.31. The van der Waals surface area contributed by atoms with Gasteiger partial charge in [0.1, 0.15) is 5.52 Å².